The molecule has 0 bridgehead atoms. The van der Waals surface area contributed by atoms with Crippen molar-refractivity contribution >= 4 is 16.6 Å². The zero-order valence-electron chi connectivity index (χ0n) is 11.8. The molecule has 1 heterocycles. The average Bonchev–Trinajstić information content (AvgIpc) is 2.53. The number of hydrogen-bond donors (Lipinski definition) is 2. The van der Waals surface area contributed by atoms with E-state index in [-0.39, 0.29) is 0 Å². The van der Waals surface area contributed by atoms with Crippen LogP contribution in [0, 0.1) is 5.92 Å². The third-order valence-electron chi connectivity index (χ3n) is 4.36. The quantitative estimate of drug-likeness (QED) is 0.896. The summed E-state index contributed by atoms with van der Waals surface area (Å²) in [5.41, 5.74) is 7.98. The van der Waals surface area contributed by atoms with Gasteiger partial charge in [-0.3, -0.25) is 0 Å². The van der Waals surface area contributed by atoms with E-state index >= 15 is 0 Å². The molecule has 1 unspecified atom stereocenters. The molecule has 0 radical (unpaired) electrons. The summed E-state index contributed by atoms with van der Waals surface area (Å²) in [6, 6.07) is 8.44. The first kappa shape index (κ1) is 13.3. The van der Waals surface area contributed by atoms with E-state index in [0.29, 0.717) is 18.5 Å². The number of nitrogens with zero attached hydrogens (tertiary/aromatic N) is 2. The van der Waals surface area contributed by atoms with Crippen molar-refractivity contribution < 1.29 is 0 Å². The van der Waals surface area contributed by atoms with E-state index in [1.807, 2.05) is 24.4 Å². The lowest BCUT2D eigenvalue weighted by Crippen LogP contribution is -2.37. The summed E-state index contributed by atoms with van der Waals surface area (Å²) >= 11 is 0. The van der Waals surface area contributed by atoms with Crippen molar-refractivity contribution in [1.82, 2.24) is 10.2 Å². The maximum absolute atomic E-state index is 6.00. The molecule has 0 spiro atoms. The molecule has 20 heavy (non-hydrogen) atoms. The lowest BCUT2D eigenvalue weighted by atomic mass is 9.84. The topological polar surface area (TPSA) is 63.8 Å². The van der Waals surface area contributed by atoms with Gasteiger partial charge in [0.1, 0.15) is 0 Å². The van der Waals surface area contributed by atoms with E-state index in [0.717, 1.165) is 16.6 Å². The van der Waals surface area contributed by atoms with Crippen LogP contribution in [0.15, 0.2) is 30.5 Å². The predicted octanol–water partition coefficient (Wildman–Crippen LogP) is 2.95. The Balaban J connectivity index is 1.83. The van der Waals surface area contributed by atoms with Gasteiger partial charge >= 0.3 is 0 Å². The van der Waals surface area contributed by atoms with Crippen LogP contribution < -0.4 is 11.1 Å². The molecule has 2 aromatic rings. The summed E-state index contributed by atoms with van der Waals surface area (Å²) in [6.07, 6.45) is 8.41. The van der Waals surface area contributed by atoms with Gasteiger partial charge in [0.25, 0.3) is 0 Å². The monoisotopic (exact) mass is 270 g/mol. The van der Waals surface area contributed by atoms with Gasteiger partial charge in [-0.2, -0.15) is 10.2 Å². The van der Waals surface area contributed by atoms with Gasteiger partial charge in [-0.25, -0.2) is 0 Å². The van der Waals surface area contributed by atoms with Crippen LogP contribution in [0.5, 0.6) is 0 Å². The summed E-state index contributed by atoms with van der Waals surface area (Å²) in [6.45, 7) is 0.668. The summed E-state index contributed by atoms with van der Waals surface area (Å²) in [5.74, 6) is 0.681. The standard InChI is InChI=1S/C16H22N4/c17-10-15(12-6-2-1-3-7-12)19-16-11-18-20-14-9-5-4-8-13(14)16/h4-5,8-9,11-12,15H,1-3,6-7,10,17H2,(H,19,20). The van der Waals surface area contributed by atoms with Crippen molar-refractivity contribution in [3.63, 3.8) is 0 Å². The summed E-state index contributed by atoms with van der Waals surface area (Å²) < 4.78 is 0. The first-order chi connectivity index (χ1) is 9.88. The van der Waals surface area contributed by atoms with Crippen molar-refractivity contribution in [3.8, 4) is 0 Å². The second-order valence-corrected chi connectivity index (χ2v) is 5.66. The normalized spacial score (nSPS) is 18.1. The van der Waals surface area contributed by atoms with Gasteiger partial charge in [0.2, 0.25) is 0 Å². The van der Waals surface area contributed by atoms with Crippen molar-refractivity contribution in [1.29, 1.82) is 0 Å². The van der Waals surface area contributed by atoms with Gasteiger partial charge in [-0.15, -0.1) is 0 Å². The van der Waals surface area contributed by atoms with Crippen LogP contribution in [0.3, 0.4) is 0 Å². The molecule has 0 saturated heterocycles. The molecule has 4 heteroatoms. The van der Waals surface area contributed by atoms with Gasteiger partial charge in [-0.1, -0.05) is 37.5 Å². The summed E-state index contributed by atoms with van der Waals surface area (Å²) in [4.78, 5) is 0. The zero-order valence-corrected chi connectivity index (χ0v) is 11.8. The molecule has 3 N–H and O–H groups in total. The van der Waals surface area contributed by atoms with E-state index in [2.05, 4.69) is 21.6 Å². The Morgan fingerprint density at radius 2 is 2.00 bits per heavy atom. The zero-order chi connectivity index (χ0) is 13.8. The van der Waals surface area contributed by atoms with Gasteiger partial charge < -0.3 is 11.1 Å². The number of hydrogen-bond acceptors (Lipinski definition) is 4. The first-order valence-corrected chi connectivity index (χ1v) is 7.55. The van der Waals surface area contributed by atoms with Crippen LogP contribution in [0.1, 0.15) is 32.1 Å². The van der Waals surface area contributed by atoms with Crippen LogP contribution in [0.4, 0.5) is 5.69 Å². The Bertz CT molecular complexity index is 558. The van der Waals surface area contributed by atoms with Crippen LogP contribution in [-0.2, 0) is 0 Å². The highest BCUT2D eigenvalue weighted by molar-refractivity contribution is 5.90. The van der Waals surface area contributed by atoms with Crippen molar-refractivity contribution in [2.75, 3.05) is 11.9 Å². The third kappa shape index (κ3) is 2.75. The van der Waals surface area contributed by atoms with E-state index < -0.39 is 0 Å². The molecule has 1 atom stereocenters. The van der Waals surface area contributed by atoms with E-state index in [1.165, 1.54) is 32.1 Å². The molecule has 106 valence electrons. The van der Waals surface area contributed by atoms with Crippen LogP contribution in [0.25, 0.3) is 10.9 Å². The fourth-order valence-electron chi connectivity index (χ4n) is 3.23. The van der Waals surface area contributed by atoms with Crippen LogP contribution in [-0.4, -0.2) is 22.8 Å². The lowest BCUT2D eigenvalue weighted by molar-refractivity contribution is 0.320. The highest BCUT2D eigenvalue weighted by Crippen LogP contribution is 2.29. The van der Waals surface area contributed by atoms with Gasteiger partial charge in [-0.05, 0) is 24.8 Å². The predicted molar refractivity (Wildman–Crippen MR) is 82.6 cm³/mol. The van der Waals surface area contributed by atoms with Crippen molar-refractivity contribution in [3.05, 3.63) is 30.5 Å². The Morgan fingerprint density at radius 3 is 2.80 bits per heavy atom. The number of fused-ring (bicyclic) bond motifs is 1. The van der Waals surface area contributed by atoms with Gasteiger partial charge in [0, 0.05) is 18.0 Å². The molecule has 4 nitrogen and oxygen atoms in total. The maximum atomic E-state index is 6.00. The Hall–Kier alpha value is -1.68. The molecule has 1 aliphatic rings. The molecule has 1 aliphatic carbocycles. The van der Waals surface area contributed by atoms with Gasteiger partial charge in [0.05, 0.1) is 17.4 Å². The second kappa shape index (κ2) is 6.18. The number of nitrogens with one attached hydrogen (secondary N) is 1. The van der Waals surface area contributed by atoms with E-state index in [9.17, 15) is 0 Å². The minimum Gasteiger partial charge on any atom is -0.379 e. The number of rotatable bonds is 4. The molecule has 1 saturated carbocycles. The number of benzene rings is 1. The number of nitrogens with two attached hydrogens (primary N) is 1. The second-order valence-electron chi connectivity index (χ2n) is 5.66. The Kier molecular flexibility index (Phi) is 4.11. The molecule has 0 aliphatic heterocycles. The molecule has 1 fully saturated rings. The Labute approximate surface area is 119 Å². The summed E-state index contributed by atoms with van der Waals surface area (Å²) in [5, 5.41) is 13.0. The summed E-state index contributed by atoms with van der Waals surface area (Å²) in [7, 11) is 0. The van der Waals surface area contributed by atoms with Gasteiger partial charge in [0.15, 0.2) is 0 Å². The minimum absolute atomic E-state index is 0.336. The highest BCUT2D eigenvalue weighted by atomic mass is 15.1. The van der Waals surface area contributed by atoms with Crippen LogP contribution in [0.2, 0.25) is 0 Å². The van der Waals surface area contributed by atoms with E-state index in [1.54, 1.807) is 0 Å². The van der Waals surface area contributed by atoms with Crippen molar-refractivity contribution in [2.24, 2.45) is 11.7 Å². The van der Waals surface area contributed by atoms with E-state index in [4.69, 9.17) is 5.73 Å². The average molecular weight is 270 g/mol. The third-order valence-corrected chi connectivity index (χ3v) is 4.36. The number of aromatic nitrogens is 2. The van der Waals surface area contributed by atoms with Crippen molar-refractivity contribution in [2.45, 2.75) is 38.1 Å². The largest absolute Gasteiger partial charge is 0.379 e. The molecule has 0 amide bonds. The Morgan fingerprint density at radius 1 is 1.20 bits per heavy atom. The maximum Gasteiger partial charge on any atom is 0.0950 e. The van der Waals surface area contributed by atoms with Crippen LogP contribution >= 0.6 is 0 Å². The lowest BCUT2D eigenvalue weighted by Gasteiger charge is -2.31. The first-order valence-electron chi connectivity index (χ1n) is 7.55. The molecule has 1 aromatic heterocycles. The highest BCUT2D eigenvalue weighted by Gasteiger charge is 2.22. The minimum atomic E-state index is 0.336. The number of anilines is 1. The molecular weight excluding hydrogens is 248 g/mol. The molecule has 1 aromatic carbocycles. The SMILES string of the molecule is NCC(Nc1cnnc2ccccc12)C1CCCCC1. The fraction of sp³-hybridized carbons (Fsp3) is 0.500. The molecular formula is C16H22N4. The fourth-order valence-corrected chi connectivity index (χ4v) is 3.23. The molecule has 3 rings (SSSR count). The smallest absolute Gasteiger partial charge is 0.0950 e.